The molecule has 0 spiro atoms. The van der Waals surface area contributed by atoms with E-state index < -0.39 is 10.0 Å². The molecule has 1 unspecified atom stereocenters. The van der Waals surface area contributed by atoms with E-state index in [1.807, 2.05) is 6.92 Å². The molecule has 5 heteroatoms. The molecular formula is C13H18N2O2S. The van der Waals surface area contributed by atoms with Crippen molar-refractivity contribution < 1.29 is 8.42 Å². The van der Waals surface area contributed by atoms with Crippen molar-refractivity contribution in [2.75, 3.05) is 13.1 Å². The average Bonchev–Trinajstić information content (AvgIpc) is 2.35. The van der Waals surface area contributed by atoms with E-state index in [0.29, 0.717) is 6.54 Å². The van der Waals surface area contributed by atoms with Crippen LogP contribution in [0.1, 0.15) is 19.4 Å². The van der Waals surface area contributed by atoms with E-state index in [9.17, 15) is 8.42 Å². The van der Waals surface area contributed by atoms with E-state index in [0.717, 1.165) is 5.56 Å². The van der Waals surface area contributed by atoms with Crippen LogP contribution in [0.3, 0.4) is 0 Å². The third-order valence-electron chi connectivity index (χ3n) is 2.71. The highest BCUT2D eigenvalue weighted by atomic mass is 32.2. The summed E-state index contributed by atoms with van der Waals surface area (Å²) in [6.45, 7) is 5.99. The van der Waals surface area contributed by atoms with Crippen LogP contribution < -0.4 is 0 Å². The van der Waals surface area contributed by atoms with Gasteiger partial charge in [-0.1, -0.05) is 24.6 Å². The van der Waals surface area contributed by atoms with Gasteiger partial charge in [-0.15, -0.1) is 0 Å². The Labute approximate surface area is 109 Å². The summed E-state index contributed by atoms with van der Waals surface area (Å²) in [4.78, 5) is 0.278. The number of hydrogen-bond acceptors (Lipinski definition) is 3. The molecule has 1 aromatic rings. The highest BCUT2D eigenvalue weighted by molar-refractivity contribution is 7.89. The molecule has 0 N–H and O–H groups in total. The molecule has 4 nitrogen and oxygen atoms in total. The van der Waals surface area contributed by atoms with Gasteiger partial charge in [0.15, 0.2) is 0 Å². The summed E-state index contributed by atoms with van der Waals surface area (Å²) in [6.07, 6.45) is 0. The summed E-state index contributed by atoms with van der Waals surface area (Å²) in [5.74, 6) is -0.315. The molecule has 0 aromatic heterocycles. The fourth-order valence-corrected chi connectivity index (χ4v) is 3.14. The van der Waals surface area contributed by atoms with Crippen molar-refractivity contribution in [1.29, 1.82) is 5.26 Å². The first-order chi connectivity index (χ1) is 8.41. The second-order valence-electron chi connectivity index (χ2n) is 4.30. The Hall–Kier alpha value is -1.38. The second-order valence-corrected chi connectivity index (χ2v) is 6.24. The van der Waals surface area contributed by atoms with Crippen LogP contribution in [-0.4, -0.2) is 25.8 Å². The Balaban J connectivity index is 3.04. The Morgan fingerprint density at radius 1 is 1.33 bits per heavy atom. The van der Waals surface area contributed by atoms with Gasteiger partial charge in [0.1, 0.15) is 0 Å². The number of nitriles is 1. The van der Waals surface area contributed by atoms with E-state index in [1.165, 1.54) is 4.31 Å². The van der Waals surface area contributed by atoms with E-state index in [-0.39, 0.29) is 17.4 Å². The first-order valence-electron chi connectivity index (χ1n) is 5.88. The molecule has 98 valence electrons. The number of aryl methyl sites for hydroxylation is 1. The van der Waals surface area contributed by atoms with Crippen molar-refractivity contribution >= 4 is 10.0 Å². The van der Waals surface area contributed by atoms with Crippen LogP contribution in [0.5, 0.6) is 0 Å². The quantitative estimate of drug-likeness (QED) is 0.820. The van der Waals surface area contributed by atoms with Crippen LogP contribution in [0.4, 0.5) is 0 Å². The maximum Gasteiger partial charge on any atom is 0.243 e. The smallest absolute Gasteiger partial charge is 0.207 e. The van der Waals surface area contributed by atoms with Crippen LogP contribution in [0, 0.1) is 24.2 Å². The Morgan fingerprint density at radius 2 is 1.89 bits per heavy atom. The van der Waals surface area contributed by atoms with Gasteiger partial charge in [0.25, 0.3) is 0 Å². The summed E-state index contributed by atoms with van der Waals surface area (Å²) >= 11 is 0. The molecule has 0 bridgehead atoms. The summed E-state index contributed by atoms with van der Waals surface area (Å²) in [5.41, 5.74) is 1.02. The van der Waals surface area contributed by atoms with Crippen LogP contribution in [-0.2, 0) is 10.0 Å². The fourth-order valence-electron chi connectivity index (χ4n) is 1.60. The topological polar surface area (TPSA) is 61.2 Å². The van der Waals surface area contributed by atoms with Crippen molar-refractivity contribution in [2.24, 2.45) is 5.92 Å². The van der Waals surface area contributed by atoms with Crippen molar-refractivity contribution in [3.8, 4) is 6.07 Å². The monoisotopic (exact) mass is 266 g/mol. The lowest BCUT2D eigenvalue weighted by Crippen LogP contribution is -2.34. The maximum absolute atomic E-state index is 12.3. The molecule has 0 saturated heterocycles. The van der Waals surface area contributed by atoms with Crippen LogP contribution >= 0.6 is 0 Å². The van der Waals surface area contributed by atoms with Gasteiger partial charge in [-0.3, -0.25) is 0 Å². The van der Waals surface area contributed by atoms with Crippen LogP contribution in [0.15, 0.2) is 29.2 Å². The van der Waals surface area contributed by atoms with E-state index >= 15 is 0 Å². The zero-order chi connectivity index (χ0) is 13.8. The molecule has 0 fully saturated rings. The lowest BCUT2D eigenvalue weighted by atomic mass is 10.2. The molecule has 0 aliphatic rings. The minimum atomic E-state index is -3.49. The largest absolute Gasteiger partial charge is 0.243 e. The SMILES string of the molecule is CCN(CC(C)C#N)S(=O)(=O)c1ccc(C)cc1. The zero-order valence-electron chi connectivity index (χ0n) is 10.9. The lowest BCUT2D eigenvalue weighted by Gasteiger charge is -2.21. The van der Waals surface area contributed by atoms with Gasteiger partial charge in [0.05, 0.1) is 16.9 Å². The summed E-state index contributed by atoms with van der Waals surface area (Å²) in [6, 6.07) is 8.80. The van der Waals surface area contributed by atoms with Crippen molar-refractivity contribution in [3.63, 3.8) is 0 Å². The van der Waals surface area contributed by atoms with Gasteiger partial charge in [0.2, 0.25) is 10.0 Å². The van der Waals surface area contributed by atoms with Gasteiger partial charge >= 0.3 is 0 Å². The van der Waals surface area contributed by atoms with Gasteiger partial charge in [-0.05, 0) is 26.0 Å². The highest BCUT2D eigenvalue weighted by Gasteiger charge is 2.24. The predicted molar refractivity (Wildman–Crippen MR) is 70.4 cm³/mol. The van der Waals surface area contributed by atoms with Crippen LogP contribution in [0.2, 0.25) is 0 Å². The predicted octanol–water partition coefficient (Wildman–Crippen LogP) is 2.17. The summed E-state index contributed by atoms with van der Waals surface area (Å²) in [5, 5.41) is 8.78. The van der Waals surface area contributed by atoms with E-state index in [2.05, 4.69) is 6.07 Å². The Bertz CT molecular complexity index is 529. The van der Waals surface area contributed by atoms with E-state index in [4.69, 9.17) is 5.26 Å². The number of nitrogens with zero attached hydrogens (tertiary/aromatic N) is 2. The first-order valence-corrected chi connectivity index (χ1v) is 7.32. The van der Waals surface area contributed by atoms with Crippen molar-refractivity contribution in [3.05, 3.63) is 29.8 Å². The fraction of sp³-hybridized carbons (Fsp3) is 0.462. The standard InChI is InChI=1S/C13H18N2O2S/c1-4-15(10-12(3)9-14)18(16,17)13-7-5-11(2)6-8-13/h5-8,12H,4,10H2,1-3H3. The van der Waals surface area contributed by atoms with Gasteiger partial charge in [-0.2, -0.15) is 9.57 Å². The number of hydrogen-bond donors (Lipinski definition) is 0. The van der Waals surface area contributed by atoms with Gasteiger partial charge < -0.3 is 0 Å². The number of sulfonamides is 1. The van der Waals surface area contributed by atoms with E-state index in [1.54, 1.807) is 38.1 Å². The third-order valence-corrected chi connectivity index (χ3v) is 4.66. The minimum Gasteiger partial charge on any atom is -0.207 e. The Kier molecular flexibility index (Phi) is 4.88. The Morgan fingerprint density at radius 3 is 2.33 bits per heavy atom. The molecule has 0 amide bonds. The summed E-state index contributed by atoms with van der Waals surface area (Å²) < 4.78 is 26.0. The average molecular weight is 266 g/mol. The lowest BCUT2D eigenvalue weighted by molar-refractivity contribution is 0.400. The molecule has 0 radical (unpaired) electrons. The molecule has 1 aromatic carbocycles. The summed E-state index contributed by atoms with van der Waals surface area (Å²) in [7, 11) is -3.49. The highest BCUT2D eigenvalue weighted by Crippen LogP contribution is 2.17. The molecule has 18 heavy (non-hydrogen) atoms. The number of rotatable bonds is 5. The molecule has 1 rings (SSSR count). The van der Waals surface area contributed by atoms with Crippen molar-refractivity contribution in [2.45, 2.75) is 25.7 Å². The molecule has 0 aliphatic heterocycles. The zero-order valence-corrected chi connectivity index (χ0v) is 11.7. The molecule has 1 atom stereocenters. The molecular weight excluding hydrogens is 248 g/mol. The second kappa shape index (κ2) is 5.98. The number of benzene rings is 1. The van der Waals surface area contributed by atoms with Gasteiger partial charge in [0, 0.05) is 13.1 Å². The third kappa shape index (κ3) is 3.31. The van der Waals surface area contributed by atoms with Gasteiger partial charge in [-0.25, -0.2) is 8.42 Å². The first kappa shape index (κ1) is 14.7. The molecule has 0 aliphatic carbocycles. The normalized spacial score (nSPS) is 13.3. The minimum absolute atomic E-state index is 0.225. The molecule has 0 saturated carbocycles. The molecule has 0 heterocycles. The maximum atomic E-state index is 12.3. The van der Waals surface area contributed by atoms with Crippen LogP contribution in [0.25, 0.3) is 0 Å². The van der Waals surface area contributed by atoms with Crippen molar-refractivity contribution in [1.82, 2.24) is 4.31 Å².